The monoisotopic (exact) mass is 229 g/mol. The van der Waals surface area contributed by atoms with E-state index in [-0.39, 0.29) is 6.10 Å². The first kappa shape index (κ1) is 11.7. The topological polar surface area (TPSA) is 32.3 Å². The molecule has 0 radical (unpaired) electrons. The molecule has 3 unspecified atom stereocenters. The molecule has 1 heterocycles. The van der Waals surface area contributed by atoms with Crippen LogP contribution in [0.2, 0.25) is 0 Å². The maximum atomic E-state index is 9.83. The van der Waals surface area contributed by atoms with E-state index in [1.54, 1.807) is 0 Å². The van der Waals surface area contributed by atoms with E-state index in [0.29, 0.717) is 6.04 Å². The molecule has 2 aliphatic rings. The molecule has 88 valence electrons. The summed E-state index contributed by atoms with van der Waals surface area (Å²) in [4.78, 5) is 0. The van der Waals surface area contributed by atoms with E-state index in [1.165, 1.54) is 44.3 Å². The fourth-order valence-electron chi connectivity index (χ4n) is 2.60. The van der Waals surface area contributed by atoms with Gasteiger partial charge in [-0.15, -0.1) is 0 Å². The van der Waals surface area contributed by atoms with Crippen molar-refractivity contribution in [3.05, 3.63) is 0 Å². The molecule has 15 heavy (non-hydrogen) atoms. The zero-order chi connectivity index (χ0) is 10.5. The summed E-state index contributed by atoms with van der Waals surface area (Å²) in [5.41, 5.74) is 0. The molecule has 3 heteroatoms. The first-order valence-electron chi connectivity index (χ1n) is 6.39. The van der Waals surface area contributed by atoms with Crippen LogP contribution in [-0.4, -0.2) is 34.8 Å². The predicted molar refractivity (Wildman–Crippen MR) is 66.4 cm³/mol. The van der Waals surface area contributed by atoms with Crippen LogP contribution in [0.3, 0.4) is 0 Å². The van der Waals surface area contributed by atoms with Gasteiger partial charge in [-0.3, -0.25) is 0 Å². The van der Waals surface area contributed by atoms with Crippen LogP contribution >= 0.6 is 11.8 Å². The van der Waals surface area contributed by atoms with Gasteiger partial charge in [0.25, 0.3) is 0 Å². The Balaban J connectivity index is 1.67. The molecular formula is C12H23NOS. The summed E-state index contributed by atoms with van der Waals surface area (Å²) >= 11 is 2.11. The van der Waals surface area contributed by atoms with Crippen molar-refractivity contribution in [2.45, 2.75) is 62.3 Å². The van der Waals surface area contributed by atoms with Gasteiger partial charge in [-0.2, -0.15) is 11.8 Å². The first-order chi connectivity index (χ1) is 7.36. The van der Waals surface area contributed by atoms with Gasteiger partial charge in [0.1, 0.15) is 0 Å². The van der Waals surface area contributed by atoms with E-state index in [9.17, 15) is 5.11 Å². The molecule has 0 amide bonds. The van der Waals surface area contributed by atoms with Crippen LogP contribution in [-0.2, 0) is 0 Å². The molecule has 2 N–H and O–H groups in total. The van der Waals surface area contributed by atoms with Crippen molar-refractivity contribution in [3.8, 4) is 0 Å². The van der Waals surface area contributed by atoms with Gasteiger partial charge in [-0.05, 0) is 31.4 Å². The standard InChI is InChI=1S/C12H23NOS/c14-12-7-2-1-6-11(12)13-9-10-5-3-4-8-15-10/h10-14H,1-9H2. The summed E-state index contributed by atoms with van der Waals surface area (Å²) in [7, 11) is 0. The number of hydrogen-bond donors (Lipinski definition) is 2. The maximum Gasteiger partial charge on any atom is 0.0693 e. The molecular weight excluding hydrogens is 206 g/mol. The third-order valence-corrected chi connectivity index (χ3v) is 5.01. The van der Waals surface area contributed by atoms with Crippen LogP contribution in [0.15, 0.2) is 0 Å². The van der Waals surface area contributed by atoms with Gasteiger partial charge in [0, 0.05) is 17.8 Å². The molecule has 0 aromatic carbocycles. The number of nitrogens with one attached hydrogen (secondary N) is 1. The Kier molecular flexibility index (Phi) is 4.79. The summed E-state index contributed by atoms with van der Waals surface area (Å²) < 4.78 is 0. The zero-order valence-corrected chi connectivity index (χ0v) is 10.3. The number of aliphatic hydroxyl groups excluding tert-OH is 1. The van der Waals surface area contributed by atoms with E-state index < -0.39 is 0 Å². The third kappa shape index (κ3) is 3.65. The molecule has 2 nitrogen and oxygen atoms in total. The van der Waals surface area contributed by atoms with Gasteiger partial charge in [0.2, 0.25) is 0 Å². The Labute approximate surface area is 97.2 Å². The van der Waals surface area contributed by atoms with Gasteiger partial charge in [-0.25, -0.2) is 0 Å². The predicted octanol–water partition coefficient (Wildman–Crippen LogP) is 2.17. The lowest BCUT2D eigenvalue weighted by Gasteiger charge is -2.31. The summed E-state index contributed by atoms with van der Waals surface area (Å²) in [6.45, 7) is 1.10. The molecule has 1 aliphatic carbocycles. The van der Waals surface area contributed by atoms with Crippen LogP contribution in [0.1, 0.15) is 44.9 Å². The van der Waals surface area contributed by atoms with Crippen LogP contribution in [0, 0.1) is 0 Å². The van der Waals surface area contributed by atoms with Crippen molar-refractivity contribution in [2.75, 3.05) is 12.3 Å². The lowest BCUT2D eigenvalue weighted by Crippen LogP contribution is -2.44. The van der Waals surface area contributed by atoms with Crippen LogP contribution in [0.5, 0.6) is 0 Å². The van der Waals surface area contributed by atoms with E-state index in [1.807, 2.05) is 0 Å². The molecule has 2 fully saturated rings. The molecule has 1 aliphatic heterocycles. The van der Waals surface area contributed by atoms with Crippen molar-refractivity contribution in [3.63, 3.8) is 0 Å². The minimum Gasteiger partial charge on any atom is -0.392 e. The Bertz CT molecular complexity index is 182. The lowest BCUT2D eigenvalue weighted by molar-refractivity contribution is 0.0911. The highest BCUT2D eigenvalue weighted by Crippen LogP contribution is 2.25. The van der Waals surface area contributed by atoms with E-state index >= 15 is 0 Å². The summed E-state index contributed by atoms with van der Waals surface area (Å²) in [5.74, 6) is 1.33. The number of rotatable bonds is 3. The second kappa shape index (κ2) is 6.12. The maximum absolute atomic E-state index is 9.83. The molecule has 2 rings (SSSR count). The molecule has 0 aromatic rings. The highest BCUT2D eigenvalue weighted by Gasteiger charge is 2.23. The van der Waals surface area contributed by atoms with Crippen LogP contribution < -0.4 is 5.32 Å². The summed E-state index contributed by atoms with van der Waals surface area (Å²) in [6, 6.07) is 0.376. The van der Waals surface area contributed by atoms with Crippen LogP contribution in [0.4, 0.5) is 0 Å². The SMILES string of the molecule is OC1CCCCC1NCC1CCCCS1. The van der Waals surface area contributed by atoms with Crippen molar-refractivity contribution in [2.24, 2.45) is 0 Å². The fraction of sp³-hybridized carbons (Fsp3) is 1.00. The average Bonchev–Trinajstić information content (AvgIpc) is 2.29. The summed E-state index contributed by atoms with van der Waals surface area (Å²) in [5, 5.41) is 14.2. The number of thioether (sulfide) groups is 1. The largest absolute Gasteiger partial charge is 0.392 e. The van der Waals surface area contributed by atoms with Gasteiger partial charge in [-0.1, -0.05) is 19.3 Å². The number of aliphatic hydroxyl groups is 1. The molecule has 1 saturated heterocycles. The summed E-state index contributed by atoms with van der Waals surface area (Å²) in [6.07, 6.45) is 8.71. The third-order valence-electron chi connectivity index (χ3n) is 3.61. The minimum atomic E-state index is -0.0904. The minimum absolute atomic E-state index is 0.0904. The Hall–Kier alpha value is 0.270. The Morgan fingerprint density at radius 3 is 2.60 bits per heavy atom. The van der Waals surface area contributed by atoms with E-state index in [4.69, 9.17) is 0 Å². The van der Waals surface area contributed by atoms with E-state index in [2.05, 4.69) is 17.1 Å². The second-order valence-electron chi connectivity index (χ2n) is 4.86. The smallest absolute Gasteiger partial charge is 0.0693 e. The average molecular weight is 229 g/mol. The quantitative estimate of drug-likeness (QED) is 0.778. The first-order valence-corrected chi connectivity index (χ1v) is 7.44. The molecule has 0 spiro atoms. The van der Waals surface area contributed by atoms with Crippen molar-refractivity contribution >= 4 is 11.8 Å². The van der Waals surface area contributed by atoms with E-state index in [0.717, 1.165) is 18.2 Å². The molecule has 1 saturated carbocycles. The lowest BCUT2D eigenvalue weighted by atomic mass is 9.92. The highest BCUT2D eigenvalue weighted by atomic mass is 32.2. The molecule has 0 aromatic heterocycles. The van der Waals surface area contributed by atoms with Gasteiger partial charge >= 0.3 is 0 Å². The van der Waals surface area contributed by atoms with Crippen molar-refractivity contribution in [1.29, 1.82) is 0 Å². The Morgan fingerprint density at radius 2 is 1.87 bits per heavy atom. The highest BCUT2D eigenvalue weighted by molar-refractivity contribution is 7.99. The van der Waals surface area contributed by atoms with Crippen molar-refractivity contribution in [1.82, 2.24) is 5.32 Å². The normalized spacial score (nSPS) is 37.8. The molecule has 0 bridgehead atoms. The van der Waals surface area contributed by atoms with Gasteiger partial charge in [0.15, 0.2) is 0 Å². The Morgan fingerprint density at radius 1 is 1.07 bits per heavy atom. The zero-order valence-electron chi connectivity index (χ0n) is 9.45. The fourth-order valence-corrected chi connectivity index (χ4v) is 3.85. The van der Waals surface area contributed by atoms with Crippen LogP contribution in [0.25, 0.3) is 0 Å². The van der Waals surface area contributed by atoms with Gasteiger partial charge < -0.3 is 10.4 Å². The second-order valence-corrected chi connectivity index (χ2v) is 6.26. The van der Waals surface area contributed by atoms with Gasteiger partial charge in [0.05, 0.1) is 6.10 Å². The van der Waals surface area contributed by atoms with Crippen molar-refractivity contribution < 1.29 is 5.11 Å². The molecule has 3 atom stereocenters. The number of hydrogen-bond acceptors (Lipinski definition) is 3.